The molecule has 0 aliphatic heterocycles. The van der Waals surface area contributed by atoms with Gasteiger partial charge in [0, 0.05) is 17.8 Å². The zero-order valence-electron chi connectivity index (χ0n) is 9.99. The third kappa shape index (κ3) is 1.53. The van der Waals surface area contributed by atoms with Crippen LogP contribution in [0.25, 0.3) is 22.2 Å². The molecule has 0 bridgehead atoms. The van der Waals surface area contributed by atoms with Crippen molar-refractivity contribution in [2.24, 2.45) is 0 Å². The molecule has 0 unspecified atom stereocenters. The number of nitrogens with zero attached hydrogens (tertiary/aromatic N) is 1. The minimum Gasteiger partial charge on any atom is -0.346 e. The Balaban J connectivity index is 2.38. The summed E-state index contributed by atoms with van der Waals surface area (Å²) in [7, 11) is 0. The molecule has 0 spiro atoms. The van der Waals surface area contributed by atoms with Gasteiger partial charge in [-0.05, 0) is 48.2 Å². The first-order chi connectivity index (χ1) is 8.27. The van der Waals surface area contributed by atoms with Gasteiger partial charge < -0.3 is 4.98 Å². The molecular weight excluding hydrogens is 208 g/mol. The molecule has 3 aromatic rings. The van der Waals surface area contributed by atoms with Crippen molar-refractivity contribution in [1.82, 2.24) is 9.97 Å². The molecule has 0 fully saturated rings. The second kappa shape index (κ2) is 3.74. The van der Waals surface area contributed by atoms with Crippen LogP contribution in [-0.2, 0) is 0 Å². The quantitative estimate of drug-likeness (QED) is 0.665. The van der Waals surface area contributed by atoms with Crippen molar-refractivity contribution in [2.75, 3.05) is 0 Å². The molecule has 17 heavy (non-hydrogen) atoms. The number of fused-ring (bicyclic) bond motifs is 1. The Labute approximate surface area is 100 Å². The van der Waals surface area contributed by atoms with Crippen LogP contribution in [0.3, 0.4) is 0 Å². The smallest absolute Gasteiger partial charge is 0.137 e. The van der Waals surface area contributed by atoms with Gasteiger partial charge in [-0.3, -0.25) is 0 Å². The van der Waals surface area contributed by atoms with E-state index in [4.69, 9.17) is 0 Å². The monoisotopic (exact) mass is 222 g/mol. The van der Waals surface area contributed by atoms with E-state index in [0.717, 1.165) is 5.65 Å². The summed E-state index contributed by atoms with van der Waals surface area (Å²) in [6.07, 6.45) is 3.80. The minimum atomic E-state index is 0.949. The van der Waals surface area contributed by atoms with Crippen LogP contribution in [0, 0.1) is 13.8 Å². The Morgan fingerprint density at radius 1 is 1.00 bits per heavy atom. The van der Waals surface area contributed by atoms with E-state index in [1.54, 1.807) is 0 Å². The Kier molecular flexibility index (Phi) is 2.22. The molecular formula is C15H14N2. The number of aromatic amines is 1. The van der Waals surface area contributed by atoms with Gasteiger partial charge >= 0.3 is 0 Å². The number of hydrogen-bond acceptors (Lipinski definition) is 1. The fraction of sp³-hybridized carbons (Fsp3) is 0.133. The summed E-state index contributed by atoms with van der Waals surface area (Å²) in [6, 6.07) is 10.6. The van der Waals surface area contributed by atoms with Crippen molar-refractivity contribution in [3.05, 3.63) is 53.9 Å². The molecule has 0 atom stereocenters. The zero-order chi connectivity index (χ0) is 11.8. The first-order valence-electron chi connectivity index (χ1n) is 5.76. The Morgan fingerprint density at radius 3 is 2.53 bits per heavy atom. The normalized spacial score (nSPS) is 10.9. The number of benzene rings is 1. The molecule has 2 heteroatoms. The lowest BCUT2D eigenvalue weighted by Crippen LogP contribution is -1.89. The third-order valence-electron chi connectivity index (χ3n) is 3.21. The molecule has 1 N–H and O–H groups in total. The van der Waals surface area contributed by atoms with Crippen LogP contribution in [0.4, 0.5) is 0 Å². The first-order valence-corrected chi connectivity index (χ1v) is 5.76. The fourth-order valence-electron chi connectivity index (χ4n) is 2.42. The van der Waals surface area contributed by atoms with Crippen molar-refractivity contribution in [3.63, 3.8) is 0 Å². The number of hydrogen-bond donors (Lipinski definition) is 1. The topological polar surface area (TPSA) is 28.7 Å². The SMILES string of the molecule is Cc1cccc(C)c1-c1ccnc2[nH]ccc12. The van der Waals surface area contributed by atoms with Crippen molar-refractivity contribution in [3.8, 4) is 11.1 Å². The van der Waals surface area contributed by atoms with Gasteiger partial charge in [0.25, 0.3) is 0 Å². The van der Waals surface area contributed by atoms with Crippen LogP contribution in [-0.4, -0.2) is 9.97 Å². The summed E-state index contributed by atoms with van der Waals surface area (Å²) in [5.41, 5.74) is 6.13. The van der Waals surface area contributed by atoms with Crippen molar-refractivity contribution >= 4 is 11.0 Å². The number of H-pyrrole nitrogens is 1. The highest BCUT2D eigenvalue weighted by atomic mass is 14.8. The van der Waals surface area contributed by atoms with Crippen LogP contribution in [0.1, 0.15) is 11.1 Å². The van der Waals surface area contributed by atoms with E-state index >= 15 is 0 Å². The van der Waals surface area contributed by atoms with Crippen molar-refractivity contribution < 1.29 is 0 Å². The van der Waals surface area contributed by atoms with E-state index in [1.807, 2.05) is 12.4 Å². The minimum absolute atomic E-state index is 0.949. The van der Waals surface area contributed by atoms with Gasteiger partial charge in [-0.15, -0.1) is 0 Å². The third-order valence-corrected chi connectivity index (χ3v) is 3.21. The summed E-state index contributed by atoms with van der Waals surface area (Å²) < 4.78 is 0. The first kappa shape index (κ1) is 10.1. The van der Waals surface area contributed by atoms with E-state index < -0.39 is 0 Å². The molecule has 2 aromatic heterocycles. The molecule has 84 valence electrons. The molecule has 0 saturated carbocycles. The summed E-state index contributed by atoms with van der Waals surface area (Å²) in [5, 5.41) is 1.19. The number of rotatable bonds is 1. The number of aromatic nitrogens is 2. The molecule has 0 amide bonds. The second-order valence-corrected chi connectivity index (χ2v) is 4.37. The Bertz CT molecular complexity index is 660. The number of pyridine rings is 1. The van der Waals surface area contributed by atoms with Gasteiger partial charge in [0.2, 0.25) is 0 Å². The van der Waals surface area contributed by atoms with Crippen LogP contribution in [0.2, 0.25) is 0 Å². The highest BCUT2D eigenvalue weighted by Gasteiger charge is 2.09. The summed E-state index contributed by atoms with van der Waals surface area (Å²) in [6.45, 7) is 4.31. The lowest BCUT2D eigenvalue weighted by atomic mass is 9.95. The average Bonchev–Trinajstić information content (AvgIpc) is 2.77. The fourth-order valence-corrected chi connectivity index (χ4v) is 2.42. The highest BCUT2D eigenvalue weighted by molar-refractivity contribution is 5.94. The average molecular weight is 222 g/mol. The maximum atomic E-state index is 4.33. The maximum Gasteiger partial charge on any atom is 0.137 e. The molecule has 0 saturated heterocycles. The van der Waals surface area contributed by atoms with Gasteiger partial charge in [-0.1, -0.05) is 18.2 Å². The van der Waals surface area contributed by atoms with E-state index in [0.29, 0.717) is 0 Å². The van der Waals surface area contributed by atoms with Gasteiger partial charge in [0.05, 0.1) is 0 Å². The largest absolute Gasteiger partial charge is 0.346 e. The second-order valence-electron chi connectivity index (χ2n) is 4.37. The van der Waals surface area contributed by atoms with E-state index in [1.165, 1.54) is 27.6 Å². The summed E-state index contributed by atoms with van der Waals surface area (Å²) in [5.74, 6) is 0. The number of aryl methyl sites for hydroxylation is 2. The molecule has 2 nitrogen and oxygen atoms in total. The van der Waals surface area contributed by atoms with Crippen LogP contribution in [0.15, 0.2) is 42.7 Å². The van der Waals surface area contributed by atoms with E-state index in [-0.39, 0.29) is 0 Å². The Hall–Kier alpha value is -2.09. The summed E-state index contributed by atoms with van der Waals surface area (Å²) in [4.78, 5) is 7.49. The van der Waals surface area contributed by atoms with E-state index in [9.17, 15) is 0 Å². The van der Waals surface area contributed by atoms with Crippen molar-refractivity contribution in [1.29, 1.82) is 0 Å². The predicted octanol–water partition coefficient (Wildman–Crippen LogP) is 3.85. The van der Waals surface area contributed by atoms with Crippen LogP contribution in [0.5, 0.6) is 0 Å². The molecule has 1 aromatic carbocycles. The lowest BCUT2D eigenvalue weighted by molar-refractivity contribution is 1.32. The number of nitrogens with one attached hydrogen (secondary N) is 1. The van der Waals surface area contributed by atoms with E-state index in [2.05, 4.69) is 54.1 Å². The van der Waals surface area contributed by atoms with Crippen LogP contribution >= 0.6 is 0 Å². The molecule has 0 aliphatic rings. The van der Waals surface area contributed by atoms with Gasteiger partial charge in [0.1, 0.15) is 5.65 Å². The Morgan fingerprint density at radius 2 is 1.76 bits per heavy atom. The molecule has 2 heterocycles. The van der Waals surface area contributed by atoms with Gasteiger partial charge in [0.15, 0.2) is 0 Å². The summed E-state index contributed by atoms with van der Waals surface area (Å²) >= 11 is 0. The van der Waals surface area contributed by atoms with Gasteiger partial charge in [-0.2, -0.15) is 0 Å². The predicted molar refractivity (Wildman–Crippen MR) is 71.0 cm³/mol. The van der Waals surface area contributed by atoms with Crippen LogP contribution < -0.4 is 0 Å². The van der Waals surface area contributed by atoms with Crippen molar-refractivity contribution in [2.45, 2.75) is 13.8 Å². The lowest BCUT2D eigenvalue weighted by Gasteiger charge is -2.10. The molecule has 3 rings (SSSR count). The zero-order valence-corrected chi connectivity index (χ0v) is 9.99. The standard InChI is InChI=1S/C15H14N2/c1-10-4-3-5-11(2)14(10)12-6-8-16-15-13(12)7-9-17-15/h3-9H,1-2H3,(H,16,17). The molecule has 0 radical (unpaired) electrons. The maximum absolute atomic E-state index is 4.33. The molecule has 0 aliphatic carbocycles. The highest BCUT2D eigenvalue weighted by Crippen LogP contribution is 2.31. The van der Waals surface area contributed by atoms with Gasteiger partial charge in [-0.25, -0.2) is 4.98 Å².